The van der Waals surface area contributed by atoms with Gasteiger partial charge in [0.25, 0.3) is 0 Å². The number of hydrogen-bond acceptors (Lipinski definition) is 2. The Labute approximate surface area is 148 Å². The molecule has 1 atom stereocenters. The average Bonchev–Trinajstić information content (AvgIpc) is 2.64. The van der Waals surface area contributed by atoms with Crippen molar-refractivity contribution in [2.45, 2.75) is 32.3 Å². The molecule has 132 valence electrons. The highest BCUT2D eigenvalue weighted by molar-refractivity contribution is 5.79. The number of carbonyl (C=O) groups is 1. The van der Waals surface area contributed by atoms with Crippen molar-refractivity contribution < 1.29 is 14.3 Å². The van der Waals surface area contributed by atoms with Crippen molar-refractivity contribution in [3.8, 4) is 0 Å². The van der Waals surface area contributed by atoms with Crippen LogP contribution in [0, 0.1) is 18.7 Å². The van der Waals surface area contributed by atoms with Gasteiger partial charge in [-0.1, -0.05) is 36.4 Å². The summed E-state index contributed by atoms with van der Waals surface area (Å²) in [5.74, 6) is -0.0513. The summed E-state index contributed by atoms with van der Waals surface area (Å²) in [5, 5.41) is 10.5. The van der Waals surface area contributed by atoms with E-state index >= 15 is 0 Å². The van der Waals surface area contributed by atoms with Crippen molar-refractivity contribution in [3.63, 3.8) is 0 Å². The minimum absolute atomic E-state index is 0.105. The first-order valence-corrected chi connectivity index (χ1v) is 8.80. The maximum Gasteiger partial charge on any atom is 0.226 e. The summed E-state index contributed by atoms with van der Waals surface area (Å²) >= 11 is 0. The van der Waals surface area contributed by atoms with Crippen LogP contribution in [0.2, 0.25) is 0 Å². The SMILES string of the molecule is Cc1ccccc1CC(=O)N1CCC(C(O)c2ccc(F)cc2)CC1. The zero-order valence-electron chi connectivity index (χ0n) is 14.5. The normalized spacial score (nSPS) is 16.7. The Bertz CT molecular complexity index is 721. The van der Waals surface area contributed by atoms with E-state index in [1.54, 1.807) is 12.1 Å². The molecule has 1 saturated heterocycles. The lowest BCUT2D eigenvalue weighted by Gasteiger charge is -2.34. The Morgan fingerprint density at radius 2 is 1.80 bits per heavy atom. The average molecular weight is 341 g/mol. The zero-order valence-corrected chi connectivity index (χ0v) is 14.5. The number of nitrogens with zero attached hydrogens (tertiary/aromatic N) is 1. The topological polar surface area (TPSA) is 40.5 Å². The van der Waals surface area contributed by atoms with Gasteiger partial charge in [0.2, 0.25) is 5.91 Å². The summed E-state index contributed by atoms with van der Waals surface area (Å²) < 4.78 is 13.0. The van der Waals surface area contributed by atoms with Crippen LogP contribution < -0.4 is 0 Å². The van der Waals surface area contributed by atoms with Crippen molar-refractivity contribution in [2.24, 2.45) is 5.92 Å². The van der Waals surface area contributed by atoms with Gasteiger partial charge in [0.1, 0.15) is 5.82 Å². The number of rotatable bonds is 4. The second-order valence-electron chi connectivity index (χ2n) is 6.82. The molecule has 3 rings (SSSR count). The summed E-state index contributed by atoms with van der Waals surface area (Å²) in [5.41, 5.74) is 2.95. The molecule has 3 nitrogen and oxygen atoms in total. The van der Waals surface area contributed by atoms with Gasteiger partial charge in [0.15, 0.2) is 0 Å². The summed E-state index contributed by atoms with van der Waals surface area (Å²) in [6.07, 6.45) is 1.35. The molecule has 0 aliphatic carbocycles. The summed E-state index contributed by atoms with van der Waals surface area (Å²) in [6, 6.07) is 14.0. The molecule has 0 bridgehead atoms. The Morgan fingerprint density at radius 3 is 2.44 bits per heavy atom. The molecule has 2 aromatic carbocycles. The third-order valence-electron chi connectivity index (χ3n) is 5.15. The molecule has 1 heterocycles. The Hall–Kier alpha value is -2.20. The Balaban J connectivity index is 1.55. The van der Waals surface area contributed by atoms with Gasteiger partial charge in [0, 0.05) is 13.1 Å². The van der Waals surface area contributed by atoms with Crippen LogP contribution in [0.25, 0.3) is 0 Å². The molecule has 1 aliphatic rings. The zero-order chi connectivity index (χ0) is 17.8. The molecule has 1 N–H and O–H groups in total. The number of hydrogen-bond donors (Lipinski definition) is 1. The van der Waals surface area contributed by atoms with Crippen molar-refractivity contribution in [1.82, 2.24) is 4.90 Å². The smallest absolute Gasteiger partial charge is 0.226 e. The van der Waals surface area contributed by atoms with Crippen LogP contribution in [0.4, 0.5) is 4.39 Å². The van der Waals surface area contributed by atoms with E-state index in [4.69, 9.17) is 0 Å². The van der Waals surface area contributed by atoms with Crippen LogP contribution in [0.15, 0.2) is 48.5 Å². The van der Waals surface area contributed by atoms with Gasteiger partial charge in [0.05, 0.1) is 12.5 Å². The van der Waals surface area contributed by atoms with Crippen molar-refractivity contribution in [2.75, 3.05) is 13.1 Å². The number of halogens is 1. The minimum atomic E-state index is -0.603. The lowest BCUT2D eigenvalue weighted by Crippen LogP contribution is -2.40. The second kappa shape index (κ2) is 7.79. The van der Waals surface area contributed by atoms with E-state index in [2.05, 4.69) is 0 Å². The van der Waals surface area contributed by atoms with Gasteiger partial charge < -0.3 is 10.0 Å². The molecule has 1 amide bonds. The molecule has 2 aromatic rings. The predicted octanol–water partition coefficient (Wildman–Crippen LogP) is 3.65. The summed E-state index contributed by atoms with van der Waals surface area (Å²) in [6.45, 7) is 3.34. The predicted molar refractivity (Wildman–Crippen MR) is 95.5 cm³/mol. The second-order valence-corrected chi connectivity index (χ2v) is 6.82. The van der Waals surface area contributed by atoms with Gasteiger partial charge in [-0.3, -0.25) is 4.79 Å². The van der Waals surface area contributed by atoms with Crippen LogP contribution in [-0.2, 0) is 11.2 Å². The van der Waals surface area contributed by atoms with Crippen molar-refractivity contribution in [3.05, 3.63) is 71.0 Å². The van der Waals surface area contributed by atoms with Crippen LogP contribution >= 0.6 is 0 Å². The number of aryl methyl sites for hydroxylation is 1. The molecule has 25 heavy (non-hydrogen) atoms. The molecule has 1 fully saturated rings. The molecular formula is C21H24FNO2. The van der Waals surface area contributed by atoms with E-state index in [0.29, 0.717) is 19.5 Å². The Morgan fingerprint density at radius 1 is 1.16 bits per heavy atom. The van der Waals surface area contributed by atoms with Gasteiger partial charge in [-0.15, -0.1) is 0 Å². The summed E-state index contributed by atoms with van der Waals surface area (Å²) in [4.78, 5) is 14.4. The van der Waals surface area contributed by atoms with E-state index in [1.165, 1.54) is 12.1 Å². The van der Waals surface area contributed by atoms with E-state index in [9.17, 15) is 14.3 Å². The van der Waals surface area contributed by atoms with Gasteiger partial charge >= 0.3 is 0 Å². The van der Waals surface area contributed by atoms with Crippen molar-refractivity contribution >= 4 is 5.91 Å². The van der Waals surface area contributed by atoms with Crippen molar-refractivity contribution in [1.29, 1.82) is 0 Å². The number of likely N-dealkylation sites (tertiary alicyclic amines) is 1. The number of aliphatic hydroxyl groups is 1. The fourth-order valence-electron chi connectivity index (χ4n) is 3.48. The van der Waals surface area contributed by atoms with E-state index in [1.807, 2.05) is 36.1 Å². The fraction of sp³-hybridized carbons (Fsp3) is 0.381. The number of piperidine rings is 1. The molecule has 1 aliphatic heterocycles. The monoisotopic (exact) mass is 341 g/mol. The minimum Gasteiger partial charge on any atom is -0.388 e. The summed E-state index contributed by atoms with van der Waals surface area (Å²) in [7, 11) is 0. The highest BCUT2D eigenvalue weighted by Gasteiger charge is 2.28. The number of carbonyl (C=O) groups excluding carboxylic acids is 1. The maximum atomic E-state index is 13.0. The molecule has 0 radical (unpaired) electrons. The molecule has 0 saturated carbocycles. The first-order chi connectivity index (χ1) is 12.0. The number of aliphatic hydroxyl groups excluding tert-OH is 1. The van der Waals surface area contributed by atoms with E-state index < -0.39 is 6.10 Å². The third-order valence-corrected chi connectivity index (χ3v) is 5.15. The van der Waals surface area contributed by atoms with E-state index in [-0.39, 0.29) is 17.6 Å². The fourth-order valence-corrected chi connectivity index (χ4v) is 3.48. The molecule has 1 unspecified atom stereocenters. The van der Waals surface area contributed by atoms with Crippen LogP contribution in [-0.4, -0.2) is 29.0 Å². The molecular weight excluding hydrogens is 317 g/mol. The third kappa shape index (κ3) is 4.26. The molecule has 0 aromatic heterocycles. The first kappa shape index (κ1) is 17.6. The Kier molecular flexibility index (Phi) is 5.49. The van der Waals surface area contributed by atoms with Gasteiger partial charge in [-0.2, -0.15) is 0 Å². The lowest BCUT2D eigenvalue weighted by molar-refractivity contribution is -0.132. The van der Waals surface area contributed by atoms with Gasteiger partial charge in [-0.05, 0) is 54.5 Å². The highest BCUT2D eigenvalue weighted by Crippen LogP contribution is 2.31. The van der Waals surface area contributed by atoms with E-state index in [0.717, 1.165) is 29.5 Å². The maximum absolute atomic E-state index is 13.0. The van der Waals surface area contributed by atoms with Crippen LogP contribution in [0.1, 0.15) is 35.6 Å². The van der Waals surface area contributed by atoms with Crippen LogP contribution in [0.3, 0.4) is 0 Å². The quantitative estimate of drug-likeness (QED) is 0.922. The van der Waals surface area contributed by atoms with Crippen LogP contribution in [0.5, 0.6) is 0 Å². The molecule has 4 heteroatoms. The highest BCUT2D eigenvalue weighted by atomic mass is 19.1. The number of amides is 1. The lowest BCUT2D eigenvalue weighted by atomic mass is 9.87. The standard InChI is InChI=1S/C21H24FNO2/c1-15-4-2-3-5-18(15)14-20(24)23-12-10-17(11-13-23)21(25)16-6-8-19(22)9-7-16/h2-9,17,21,25H,10-14H2,1H3. The van der Waals surface area contributed by atoms with Gasteiger partial charge in [-0.25, -0.2) is 4.39 Å². The molecule has 0 spiro atoms. The largest absolute Gasteiger partial charge is 0.388 e. The first-order valence-electron chi connectivity index (χ1n) is 8.80. The number of benzene rings is 2.